The van der Waals surface area contributed by atoms with Crippen LogP contribution in [0.4, 0.5) is 5.82 Å². The lowest BCUT2D eigenvalue weighted by molar-refractivity contribution is 0.641. The van der Waals surface area contributed by atoms with E-state index in [2.05, 4.69) is 27.2 Å². The molecule has 0 unspecified atom stereocenters. The molecule has 1 fully saturated rings. The van der Waals surface area contributed by atoms with E-state index in [0.29, 0.717) is 6.04 Å². The molecule has 1 aliphatic carbocycles. The topological polar surface area (TPSA) is 41.1 Å². The molecule has 4 heteroatoms. The van der Waals surface area contributed by atoms with E-state index in [9.17, 15) is 0 Å². The Kier molecular flexibility index (Phi) is 3.72. The summed E-state index contributed by atoms with van der Waals surface area (Å²) in [6.45, 7) is 0.729. The zero-order valence-electron chi connectivity index (χ0n) is 10.1. The Hall–Kier alpha value is -1.16. The van der Waals surface area contributed by atoms with Crippen LogP contribution in [-0.2, 0) is 6.54 Å². The molecule has 0 radical (unpaired) electrons. The van der Waals surface area contributed by atoms with Crippen molar-refractivity contribution in [2.45, 2.75) is 38.3 Å². The Labute approximate surface area is 97.1 Å². The summed E-state index contributed by atoms with van der Waals surface area (Å²) in [5.41, 5.74) is 0. The number of anilines is 1. The Balaban J connectivity index is 2.09. The van der Waals surface area contributed by atoms with Crippen LogP contribution in [-0.4, -0.2) is 30.1 Å². The number of hydrogen-bond acceptors (Lipinski definition) is 4. The maximum absolute atomic E-state index is 4.56. The van der Waals surface area contributed by atoms with Gasteiger partial charge in [-0.05, 0) is 26.0 Å². The molecule has 16 heavy (non-hydrogen) atoms. The lowest BCUT2D eigenvalue weighted by Crippen LogP contribution is -2.30. The minimum absolute atomic E-state index is 0.664. The Morgan fingerprint density at radius 2 is 2.19 bits per heavy atom. The number of aromatic nitrogens is 2. The molecule has 1 N–H and O–H groups in total. The number of rotatable bonds is 4. The van der Waals surface area contributed by atoms with Crippen LogP contribution < -0.4 is 10.2 Å². The zero-order valence-corrected chi connectivity index (χ0v) is 10.1. The third-order valence-electron chi connectivity index (χ3n) is 3.26. The number of hydrogen-bond donors (Lipinski definition) is 1. The fourth-order valence-corrected chi connectivity index (χ4v) is 2.31. The maximum Gasteiger partial charge on any atom is 0.144 e. The summed E-state index contributed by atoms with van der Waals surface area (Å²) in [5, 5.41) is 3.08. The van der Waals surface area contributed by atoms with Crippen LogP contribution in [0.5, 0.6) is 0 Å². The monoisotopic (exact) mass is 220 g/mol. The molecule has 1 aromatic heterocycles. The van der Waals surface area contributed by atoms with Crippen LogP contribution >= 0.6 is 0 Å². The molecule has 4 nitrogen and oxygen atoms in total. The predicted molar refractivity (Wildman–Crippen MR) is 65.5 cm³/mol. The van der Waals surface area contributed by atoms with Gasteiger partial charge in [0.15, 0.2) is 0 Å². The quantitative estimate of drug-likeness (QED) is 0.836. The molecule has 0 bridgehead atoms. The molecule has 0 spiro atoms. The minimum Gasteiger partial charge on any atom is -0.357 e. The van der Waals surface area contributed by atoms with Crippen molar-refractivity contribution in [1.29, 1.82) is 0 Å². The molecule has 0 aromatic carbocycles. The zero-order chi connectivity index (χ0) is 11.4. The molecule has 0 aliphatic heterocycles. The van der Waals surface area contributed by atoms with Gasteiger partial charge in [0.2, 0.25) is 0 Å². The van der Waals surface area contributed by atoms with Gasteiger partial charge in [0.05, 0.1) is 6.54 Å². The van der Waals surface area contributed by atoms with Crippen molar-refractivity contribution >= 4 is 5.82 Å². The second-order valence-electron chi connectivity index (χ2n) is 4.41. The van der Waals surface area contributed by atoms with E-state index >= 15 is 0 Å². The molecule has 0 amide bonds. The first-order valence-corrected chi connectivity index (χ1v) is 6.00. The highest BCUT2D eigenvalue weighted by Crippen LogP contribution is 2.25. The molecular formula is C12H20N4. The van der Waals surface area contributed by atoms with Crippen molar-refractivity contribution in [2.24, 2.45) is 0 Å². The predicted octanol–water partition coefficient (Wildman–Crippen LogP) is 1.57. The van der Waals surface area contributed by atoms with Crippen LogP contribution in [0, 0.1) is 0 Å². The van der Waals surface area contributed by atoms with Gasteiger partial charge in [-0.3, -0.25) is 0 Å². The summed E-state index contributed by atoms with van der Waals surface area (Å²) in [7, 11) is 4.05. The highest BCUT2D eigenvalue weighted by atomic mass is 15.2. The van der Waals surface area contributed by atoms with Gasteiger partial charge in [0, 0.05) is 19.3 Å². The van der Waals surface area contributed by atoms with E-state index in [1.54, 1.807) is 0 Å². The van der Waals surface area contributed by atoms with Crippen molar-refractivity contribution < 1.29 is 0 Å². The molecule has 2 rings (SSSR count). The van der Waals surface area contributed by atoms with E-state index in [1.165, 1.54) is 25.7 Å². The molecule has 1 heterocycles. The summed E-state index contributed by atoms with van der Waals surface area (Å²) >= 11 is 0. The highest BCUT2D eigenvalue weighted by molar-refractivity contribution is 5.37. The summed E-state index contributed by atoms with van der Waals surface area (Å²) in [6, 6.07) is 2.66. The fourth-order valence-electron chi connectivity index (χ4n) is 2.31. The third kappa shape index (κ3) is 2.50. The van der Waals surface area contributed by atoms with Gasteiger partial charge in [0.25, 0.3) is 0 Å². The smallest absolute Gasteiger partial charge is 0.144 e. The molecule has 88 valence electrons. The van der Waals surface area contributed by atoms with Gasteiger partial charge in [0.1, 0.15) is 11.6 Å². The van der Waals surface area contributed by atoms with Crippen LogP contribution in [0.25, 0.3) is 0 Å². The molecule has 1 saturated carbocycles. The number of nitrogens with one attached hydrogen (secondary N) is 1. The van der Waals surface area contributed by atoms with E-state index in [1.807, 2.05) is 19.3 Å². The lowest BCUT2D eigenvalue weighted by atomic mass is 10.2. The van der Waals surface area contributed by atoms with Crippen LogP contribution in [0.2, 0.25) is 0 Å². The minimum atomic E-state index is 0.664. The SMILES string of the molecule is CNCc1nccc(N(C)C2CCCC2)n1. The van der Waals surface area contributed by atoms with Crippen LogP contribution in [0.1, 0.15) is 31.5 Å². The summed E-state index contributed by atoms with van der Waals surface area (Å²) in [4.78, 5) is 11.1. The fraction of sp³-hybridized carbons (Fsp3) is 0.667. The van der Waals surface area contributed by atoms with Crippen molar-refractivity contribution in [3.63, 3.8) is 0 Å². The number of nitrogens with zero attached hydrogens (tertiary/aromatic N) is 3. The van der Waals surface area contributed by atoms with E-state index in [0.717, 1.165) is 18.2 Å². The Morgan fingerprint density at radius 1 is 1.44 bits per heavy atom. The first kappa shape index (κ1) is 11.3. The van der Waals surface area contributed by atoms with E-state index in [-0.39, 0.29) is 0 Å². The van der Waals surface area contributed by atoms with Crippen molar-refractivity contribution in [3.8, 4) is 0 Å². The summed E-state index contributed by atoms with van der Waals surface area (Å²) < 4.78 is 0. The van der Waals surface area contributed by atoms with Crippen molar-refractivity contribution in [3.05, 3.63) is 18.1 Å². The Morgan fingerprint density at radius 3 is 2.88 bits per heavy atom. The first-order valence-electron chi connectivity index (χ1n) is 6.00. The largest absolute Gasteiger partial charge is 0.357 e. The third-order valence-corrected chi connectivity index (χ3v) is 3.26. The molecule has 0 atom stereocenters. The molecule has 0 saturated heterocycles. The van der Waals surface area contributed by atoms with Gasteiger partial charge in [-0.2, -0.15) is 0 Å². The van der Waals surface area contributed by atoms with Gasteiger partial charge in [-0.15, -0.1) is 0 Å². The second-order valence-corrected chi connectivity index (χ2v) is 4.41. The first-order chi connectivity index (χ1) is 7.81. The van der Waals surface area contributed by atoms with E-state index in [4.69, 9.17) is 0 Å². The average Bonchev–Trinajstić information content (AvgIpc) is 2.82. The van der Waals surface area contributed by atoms with Gasteiger partial charge in [-0.25, -0.2) is 9.97 Å². The van der Waals surface area contributed by atoms with Gasteiger partial charge < -0.3 is 10.2 Å². The summed E-state index contributed by atoms with van der Waals surface area (Å²) in [5.74, 6) is 1.91. The van der Waals surface area contributed by atoms with Crippen LogP contribution in [0.3, 0.4) is 0 Å². The molecule has 1 aliphatic rings. The van der Waals surface area contributed by atoms with Gasteiger partial charge in [-0.1, -0.05) is 12.8 Å². The maximum atomic E-state index is 4.56. The Bertz CT molecular complexity index is 334. The van der Waals surface area contributed by atoms with Crippen LogP contribution in [0.15, 0.2) is 12.3 Å². The molecule has 1 aromatic rings. The highest BCUT2D eigenvalue weighted by Gasteiger charge is 2.20. The summed E-state index contributed by atoms with van der Waals surface area (Å²) in [6.07, 6.45) is 7.14. The second kappa shape index (κ2) is 5.25. The average molecular weight is 220 g/mol. The van der Waals surface area contributed by atoms with Gasteiger partial charge >= 0.3 is 0 Å². The molecular weight excluding hydrogens is 200 g/mol. The normalized spacial score (nSPS) is 16.6. The van der Waals surface area contributed by atoms with Crippen molar-refractivity contribution in [2.75, 3.05) is 19.0 Å². The standard InChI is InChI=1S/C12H20N4/c1-13-9-11-14-8-7-12(15-11)16(2)10-5-3-4-6-10/h7-8,10,13H,3-6,9H2,1-2H3. The van der Waals surface area contributed by atoms with Crippen molar-refractivity contribution in [1.82, 2.24) is 15.3 Å². The lowest BCUT2D eigenvalue weighted by Gasteiger charge is -2.25. The van der Waals surface area contributed by atoms with E-state index < -0.39 is 0 Å².